The molecular weight excluding hydrogens is 262 g/mol. The summed E-state index contributed by atoms with van der Waals surface area (Å²) >= 11 is 0. The van der Waals surface area contributed by atoms with Crippen LogP contribution in [0.15, 0.2) is 36.5 Å². The Morgan fingerprint density at radius 2 is 1.81 bits per heavy atom. The summed E-state index contributed by atoms with van der Waals surface area (Å²) in [7, 11) is 0. The van der Waals surface area contributed by atoms with Gasteiger partial charge in [-0.25, -0.2) is 4.98 Å². The number of anilines is 1. The van der Waals surface area contributed by atoms with Crippen LogP contribution in [0.3, 0.4) is 0 Å². The minimum Gasteiger partial charge on any atom is -0.439 e. The summed E-state index contributed by atoms with van der Waals surface area (Å²) in [4.78, 5) is 8.43. The highest BCUT2D eigenvalue weighted by Gasteiger charge is 2.17. The molecule has 0 aliphatic rings. The molecule has 0 atom stereocenters. The molecule has 1 aromatic carbocycles. The summed E-state index contributed by atoms with van der Waals surface area (Å²) in [6.07, 6.45) is 2.79. The highest BCUT2D eigenvalue weighted by molar-refractivity contribution is 5.35. The smallest absolute Gasteiger partial charge is 0.225 e. The summed E-state index contributed by atoms with van der Waals surface area (Å²) in [5, 5.41) is 3.07. The van der Waals surface area contributed by atoms with Crippen molar-refractivity contribution in [2.75, 3.05) is 11.9 Å². The van der Waals surface area contributed by atoms with Crippen molar-refractivity contribution >= 4 is 5.95 Å². The Morgan fingerprint density at radius 3 is 2.43 bits per heavy atom. The number of ether oxygens (including phenoxy) is 1. The lowest BCUT2D eigenvalue weighted by Crippen LogP contribution is -2.14. The summed E-state index contributed by atoms with van der Waals surface area (Å²) in [6, 6.07) is 9.96. The van der Waals surface area contributed by atoms with E-state index in [9.17, 15) is 0 Å². The molecule has 0 spiro atoms. The van der Waals surface area contributed by atoms with Gasteiger partial charge in [0.15, 0.2) is 0 Å². The van der Waals surface area contributed by atoms with Crippen LogP contribution in [0.2, 0.25) is 0 Å². The molecule has 4 heteroatoms. The van der Waals surface area contributed by atoms with Crippen LogP contribution in [-0.2, 0) is 5.41 Å². The van der Waals surface area contributed by atoms with E-state index in [-0.39, 0.29) is 5.41 Å². The first-order chi connectivity index (χ1) is 10.0. The second-order valence-corrected chi connectivity index (χ2v) is 5.61. The van der Waals surface area contributed by atoms with E-state index in [4.69, 9.17) is 4.74 Å². The third-order valence-corrected chi connectivity index (χ3v) is 3.71. The van der Waals surface area contributed by atoms with Gasteiger partial charge in [-0.2, -0.15) is 4.98 Å². The third kappa shape index (κ3) is 3.94. The van der Waals surface area contributed by atoms with Gasteiger partial charge in [-0.15, -0.1) is 0 Å². The fourth-order valence-electron chi connectivity index (χ4n) is 1.94. The van der Waals surface area contributed by atoms with Gasteiger partial charge < -0.3 is 10.1 Å². The SMILES string of the molecule is CCNc1nccc(Oc2ccc(C(C)(C)CC)cc2)n1. The molecule has 2 rings (SSSR count). The maximum atomic E-state index is 5.78. The summed E-state index contributed by atoms with van der Waals surface area (Å²) in [5.41, 5.74) is 1.50. The lowest BCUT2D eigenvalue weighted by atomic mass is 9.82. The van der Waals surface area contributed by atoms with E-state index in [1.54, 1.807) is 12.3 Å². The van der Waals surface area contributed by atoms with Crippen LogP contribution in [0.25, 0.3) is 0 Å². The number of nitrogens with zero attached hydrogens (tertiary/aromatic N) is 2. The Kier molecular flexibility index (Phi) is 4.78. The van der Waals surface area contributed by atoms with E-state index in [1.165, 1.54) is 5.56 Å². The van der Waals surface area contributed by atoms with Gasteiger partial charge in [0.1, 0.15) is 5.75 Å². The quantitative estimate of drug-likeness (QED) is 0.855. The minimum absolute atomic E-state index is 0.186. The molecule has 1 N–H and O–H groups in total. The van der Waals surface area contributed by atoms with E-state index in [0.29, 0.717) is 11.8 Å². The van der Waals surface area contributed by atoms with Gasteiger partial charge in [0.25, 0.3) is 0 Å². The Bertz CT molecular complexity index is 579. The standard InChI is InChI=1S/C17H23N3O/c1-5-17(3,4)13-7-9-14(10-8-13)21-15-11-12-19-16(20-15)18-6-2/h7-12H,5-6H2,1-4H3,(H,18,19,20). The van der Waals surface area contributed by atoms with Gasteiger partial charge in [-0.05, 0) is 36.5 Å². The van der Waals surface area contributed by atoms with Crippen molar-refractivity contribution in [3.63, 3.8) is 0 Å². The number of benzene rings is 1. The zero-order valence-electron chi connectivity index (χ0n) is 13.2. The average Bonchev–Trinajstić information content (AvgIpc) is 2.48. The van der Waals surface area contributed by atoms with E-state index in [1.807, 2.05) is 19.1 Å². The maximum Gasteiger partial charge on any atom is 0.225 e. The second-order valence-electron chi connectivity index (χ2n) is 5.61. The van der Waals surface area contributed by atoms with Crippen LogP contribution in [0.1, 0.15) is 39.7 Å². The zero-order valence-corrected chi connectivity index (χ0v) is 13.2. The molecule has 2 aromatic rings. The highest BCUT2D eigenvalue weighted by Crippen LogP contribution is 2.29. The van der Waals surface area contributed by atoms with Gasteiger partial charge in [0, 0.05) is 18.8 Å². The van der Waals surface area contributed by atoms with Gasteiger partial charge in [0.2, 0.25) is 11.8 Å². The number of hydrogen-bond donors (Lipinski definition) is 1. The first-order valence-corrected chi connectivity index (χ1v) is 7.40. The molecule has 0 aliphatic carbocycles. The summed E-state index contributed by atoms with van der Waals surface area (Å²) < 4.78 is 5.78. The van der Waals surface area contributed by atoms with Crippen LogP contribution < -0.4 is 10.1 Å². The average molecular weight is 285 g/mol. The molecule has 1 heterocycles. The predicted molar refractivity (Wildman–Crippen MR) is 86.0 cm³/mol. The van der Waals surface area contributed by atoms with Crippen molar-refractivity contribution in [1.29, 1.82) is 0 Å². The van der Waals surface area contributed by atoms with Gasteiger partial charge in [-0.3, -0.25) is 0 Å². The zero-order chi connectivity index (χ0) is 15.3. The molecule has 0 aliphatic heterocycles. The molecule has 4 nitrogen and oxygen atoms in total. The lowest BCUT2D eigenvalue weighted by molar-refractivity contribution is 0.460. The minimum atomic E-state index is 0.186. The first-order valence-electron chi connectivity index (χ1n) is 7.40. The van der Waals surface area contributed by atoms with E-state index in [0.717, 1.165) is 18.7 Å². The Morgan fingerprint density at radius 1 is 1.10 bits per heavy atom. The second kappa shape index (κ2) is 6.57. The Hall–Kier alpha value is -2.10. The van der Waals surface area contributed by atoms with Crippen molar-refractivity contribution in [2.24, 2.45) is 0 Å². The molecule has 0 radical (unpaired) electrons. The van der Waals surface area contributed by atoms with Crippen molar-refractivity contribution in [3.8, 4) is 11.6 Å². The van der Waals surface area contributed by atoms with Crippen LogP contribution in [0.4, 0.5) is 5.95 Å². The van der Waals surface area contributed by atoms with Crippen molar-refractivity contribution in [3.05, 3.63) is 42.1 Å². The van der Waals surface area contributed by atoms with Crippen molar-refractivity contribution < 1.29 is 4.74 Å². The molecule has 0 saturated carbocycles. The molecule has 1 aromatic heterocycles. The molecule has 0 amide bonds. The van der Waals surface area contributed by atoms with Crippen LogP contribution >= 0.6 is 0 Å². The number of nitrogens with one attached hydrogen (secondary N) is 1. The predicted octanol–water partition coefficient (Wildman–Crippen LogP) is 4.39. The van der Waals surface area contributed by atoms with E-state index >= 15 is 0 Å². The molecule has 0 saturated heterocycles. The van der Waals surface area contributed by atoms with E-state index < -0.39 is 0 Å². The third-order valence-electron chi connectivity index (χ3n) is 3.71. The molecule has 21 heavy (non-hydrogen) atoms. The largest absolute Gasteiger partial charge is 0.439 e. The first kappa shape index (κ1) is 15.3. The Balaban J connectivity index is 2.11. The van der Waals surface area contributed by atoms with Gasteiger partial charge in [-0.1, -0.05) is 32.9 Å². The number of aromatic nitrogens is 2. The normalized spacial score (nSPS) is 11.2. The Labute approximate surface area is 126 Å². The van der Waals surface area contributed by atoms with Crippen molar-refractivity contribution in [2.45, 2.75) is 39.5 Å². The fourth-order valence-corrected chi connectivity index (χ4v) is 1.94. The maximum absolute atomic E-state index is 5.78. The van der Waals surface area contributed by atoms with Gasteiger partial charge >= 0.3 is 0 Å². The summed E-state index contributed by atoms with van der Waals surface area (Å²) in [5.74, 6) is 1.91. The fraction of sp³-hybridized carbons (Fsp3) is 0.412. The van der Waals surface area contributed by atoms with E-state index in [2.05, 4.69) is 48.2 Å². The van der Waals surface area contributed by atoms with Crippen LogP contribution in [0.5, 0.6) is 11.6 Å². The summed E-state index contributed by atoms with van der Waals surface area (Å²) in [6.45, 7) is 9.48. The lowest BCUT2D eigenvalue weighted by Gasteiger charge is -2.23. The van der Waals surface area contributed by atoms with Gasteiger partial charge in [0.05, 0.1) is 0 Å². The number of hydrogen-bond acceptors (Lipinski definition) is 4. The monoisotopic (exact) mass is 285 g/mol. The molecular formula is C17H23N3O. The molecule has 0 unspecified atom stereocenters. The topological polar surface area (TPSA) is 47.0 Å². The highest BCUT2D eigenvalue weighted by atomic mass is 16.5. The van der Waals surface area contributed by atoms with Crippen molar-refractivity contribution in [1.82, 2.24) is 9.97 Å². The molecule has 0 fully saturated rings. The number of rotatable bonds is 6. The van der Waals surface area contributed by atoms with Crippen LogP contribution in [0, 0.1) is 0 Å². The molecule has 0 bridgehead atoms. The molecule has 112 valence electrons. The van der Waals surface area contributed by atoms with Crippen LogP contribution in [-0.4, -0.2) is 16.5 Å².